The van der Waals surface area contributed by atoms with Gasteiger partial charge in [-0.3, -0.25) is 14.9 Å². The summed E-state index contributed by atoms with van der Waals surface area (Å²) in [5, 5.41) is 14.5. The third-order valence-corrected chi connectivity index (χ3v) is 3.83. The Kier molecular flexibility index (Phi) is 6.30. The minimum atomic E-state index is -0.563. The van der Waals surface area contributed by atoms with E-state index >= 15 is 0 Å². The summed E-state index contributed by atoms with van der Waals surface area (Å²) in [5.74, 6) is 0.0429. The van der Waals surface area contributed by atoms with E-state index in [4.69, 9.17) is 4.74 Å². The number of nitrogens with zero attached hydrogens (tertiary/aromatic N) is 5. The fourth-order valence-corrected chi connectivity index (χ4v) is 2.59. The van der Waals surface area contributed by atoms with Crippen LogP contribution in [0.2, 0.25) is 0 Å². The first-order valence-electron chi connectivity index (χ1n) is 8.56. The summed E-state index contributed by atoms with van der Waals surface area (Å²) in [6.07, 6.45) is 1.39. The molecule has 0 atom stereocenters. The first-order chi connectivity index (χ1) is 12.2. The maximum Gasteiger partial charge on any atom is 0.353 e. The van der Waals surface area contributed by atoms with Gasteiger partial charge in [0.15, 0.2) is 0 Å². The van der Waals surface area contributed by atoms with Gasteiger partial charge in [0, 0.05) is 32.7 Å². The summed E-state index contributed by atoms with van der Waals surface area (Å²) in [6, 6.07) is 0. The van der Waals surface area contributed by atoms with Crippen molar-refractivity contribution in [3.05, 3.63) is 16.4 Å². The highest BCUT2D eigenvalue weighted by atomic mass is 16.6. The summed E-state index contributed by atoms with van der Waals surface area (Å²) >= 11 is 0. The Morgan fingerprint density at radius 1 is 1.31 bits per heavy atom. The zero-order valence-electron chi connectivity index (χ0n) is 15.7. The molecular formula is C16H26N6O4. The van der Waals surface area contributed by atoms with Crippen LogP contribution in [-0.4, -0.2) is 71.1 Å². The van der Waals surface area contributed by atoms with Crippen LogP contribution in [0.25, 0.3) is 0 Å². The fourth-order valence-electron chi connectivity index (χ4n) is 2.59. The molecule has 0 spiro atoms. The van der Waals surface area contributed by atoms with E-state index in [1.54, 1.807) is 20.8 Å². The van der Waals surface area contributed by atoms with Crippen LogP contribution in [0.4, 0.5) is 17.3 Å². The molecule has 0 amide bonds. The van der Waals surface area contributed by atoms with Gasteiger partial charge in [0.25, 0.3) is 0 Å². The molecule has 0 aliphatic carbocycles. The van der Waals surface area contributed by atoms with Crippen molar-refractivity contribution >= 4 is 23.3 Å². The Hall–Kier alpha value is -2.49. The Balaban J connectivity index is 2.07. The Morgan fingerprint density at radius 2 is 1.96 bits per heavy atom. The zero-order valence-corrected chi connectivity index (χ0v) is 15.7. The standard InChI is InChI=1S/C16H26N6O4/c1-16(2,3)26-12(23)5-6-17-14-13(22(24)25)15(19-11-18-14)21-9-7-20(4)8-10-21/h11H,5-10H2,1-4H3,(H,17,18,19). The van der Waals surface area contributed by atoms with Crippen molar-refractivity contribution in [1.29, 1.82) is 0 Å². The van der Waals surface area contributed by atoms with E-state index in [1.165, 1.54) is 6.33 Å². The number of esters is 1. The molecule has 0 unspecified atom stereocenters. The van der Waals surface area contributed by atoms with Gasteiger partial charge >= 0.3 is 11.7 Å². The van der Waals surface area contributed by atoms with E-state index in [2.05, 4.69) is 20.2 Å². The lowest BCUT2D eigenvalue weighted by Crippen LogP contribution is -2.45. The van der Waals surface area contributed by atoms with Gasteiger partial charge in [0.05, 0.1) is 11.3 Å². The maximum absolute atomic E-state index is 11.8. The Bertz CT molecular complexity index is 653. The lowest BCUT2D eigenvalue weighted by molar-refractivity contribution is -0.383. The van der Waals surface area contributed by atoms with E-state index < -0.39 is 10.5 Å². The molecule has 10 nitrogen and oxygen atoms in total. The van der Waals surface area contributed by atoms with Crippen LogP contribution in [0.5, 0.6) is 0 Å². The normalized spacial score (nSPS) is 15.6. The summed E-state index contributed by atoms with van der Waals surface area (Å²) in [5.41, 5.74) is -0.728. The molecule has 10 heteroatoms. The molecule has 1 fully saturated rings. The van der Waals surface area contributed by atoms with Gasteiger partial charge in [0.1, 0.15) is 11.9 Å². The molecule has 0 saturated carbocycles. The van der Waals surface area contributed by atoms with E-state index in [0.717, 1.165) is 13.1 Å². The number of likely N-dealkylation sites (N-methyl/N-ethyl adjacent to an activating group) is 1. The summed E-state index contributed by atoms with van der Waals surface area (Å²) in [7, 11) is 2.01. The number of piperazine rings is 1. The van der Waals surface area contributed by atoms with Crippen molar-refractivity contribution in [3.63, 3.8) is 0 Å². The lowest BCUT2D eigenvalue weighted by atomic mass is 10.2. The molecule has 2 heterocycles. The maximum atomic E-state index is 11.8. The third-order valence-electron chi connectivity index (χ3n) is 3.83. The van der Waals surface area contributed by atoms with E-state index in [1.807, 2.05) is 11.9 Å². The highest BCUT2D eigenvalue weighted by Crippen LogP contribution is 2.32. The number of rotatable bonds is 6. The number of nitrogens with one attached hydrogen (secondary N) is 1. The summed E-state index contributed by atoms with van der Waals surface area (Å²) in [4.78, 5) is 35.0. The van der Waals surface area contributed by atoms with Crippen molar-refractivity contribution < 1.29 is 14.5 Å². The summed E-state index contributed by atoms with van der Waals surface area (Å²) in [6.45, 7) is 8.49. The number of nitro groups is 1. The molecule has 0 bridgehead atoms. The van der Waals surface area contributed by atoms with Crippen LogP contribution in [0.15, 0.2) is 6.33 Å². The second-order valence-corrected chi connectivity index (χ2v) is 7.21. The van der Waals surface area contributed by atoms with Gasteiger partial charge in [-0.2, -0.15) is 0 Å². The molecule has 1 aliphatic rings. The largest absolute Gasteiger partial charge is 0.460 e. The van der Waals surface area contributed by atoms with Gasteiger partial charge in [-0.15, -0.1) is 0 Å². The quantitative estimate of drug-likeness (QED) is 0.452. The molecule has 1 N–H and O–H groups in total. The van der Waals surface area contributed by atoms with Gasteiger partial charge in [0.2, 0.25) is 11.6 Å². The SMILES string of the molecule is CN1CCN(c2ncnc(NCCC(=O)OC(C)(C)C)c2[N+](=O)[O-])CC1. The zero-order chi connectivity index (χ0) is 19.3. The van der Waals surface area contributed by atoms with Gasteiger partial charge in [-0.05, 0) is 27.8 Å². The van der Waals surface area contributed by atoms with E-state index in [0.29, 0.717) is 18.9 Å². The van der Waals surface area contributed by atoms with Crippen molar-refractivity contribution in [2.24, 2.45) is 0 Å². The van der Waals surface area contributed by atoms with E-state index in [9.17, 15) is 14.9 Å². The first kappa shape index (κ1) is 19.8. The molecule has 2 rings (SSSR count). The minimum Gasteiger partial charge on any atom is -0.460 e. The molecule has 1 aromatic heterocycles. The van der Waals surface area contributed by atoms with Gasteiger partial charge in [-0.1, -0.05) is 0 Å². The van der Waals surface area contributed by atoms with Crippen LogP contribution in [0.1, 0.15) is 27.2 Å². The van der Waals surface area contributed by atoms with Crippen LogP contribution < -0.4 is 10.2 Å². The van der Waals surface area contributed by atoms with Crippen molar-refractivity contribution in [3.8, 4) is 0 Å². The highest BCUT2D eigenvalue weighted by Gasteiger charge is 2.28. The average Bonchev–Trinajstić information content (AvgIpc) is 2.53. The number of anilines is 2. The molecule has 0 aromatic carbocycles. The molecule has 0 radical (unpaired) electrons. The van der Waals surface area contributed by atoms with Crippen molar-refractivity contribution in [1.82, 2.24) is 14.9 Å². The minimum absolute atomic E-state index is 0.0856. The monoisotopic (exact) mass is 366 g/mol. The number of hydrogen-bond acceptors (Lipinski definition) is 9. The lowest BCUT2D eigenvalue weighted by Gasteiger charge is -2.32. The van der Waals surface area contributed by atoms with Crippen LogP contribution in [-0.2, 0) is 9.53 Å². The number of carbonyl (C=O) groups is 1. The van der Waals surface area contributed by atoms with Crippen molar-refractivity contribution in [2.45, 2.75) is 32.8 Å². The van der Waals surface area contributed by atoms with Gasteiger partial charge in [-0.25, -0.2) is 9.97 Å². The van der Waals surface area contributed by atoms with Crippen LogP contribution >= 0.6 is 0 Å². The Morgan fingerprint density at radius 3 is 2.54 bits per heavy atom. The second kappa shape index (κ2) is 8.26. The molecule has 144 valence electrons. The number of ether oxygens (including phenoxy) is 1. The number of carbonyl (C=O) groups excluding carboxylic acids is 1. The predicted molar refractivity (Wildman–Crippen MR) is 97.3 cm³/mol. The number of aromatic nitrogens is 2. The molecule has 1 aromatic rings. The van der Waals surface area contributed by atoms with Crippen molar-refractivity contribution in [2.75, 3.05) is 50.0 Å². The molecule has 1 aliphatic heterocycles. The highest BCUT2D eigenvalue weighted by molar-refractivity contribution is 5.73. The molecule has 1 saturated heterocycles. The Labute approximate surface area is 152 Å². The third kappa shape index (κ3) is 5.51. The molecular weight excluding hydrogens is 340 g/mol. The molecule has 26 heavy (non-hydrogen) atoms. The number of hydrogen-bond donors (Lipinski definition) is 1. The first-order valence-corrected chi connectivity index (χ1v) is 8.56. The van der Waals surface area contributed by atoms with Crippen LogP contribution in [0.3, 0.4) is 0 Å². The fraction of sp³-hybridized carbons (Fsp3) is 0.688. The van der Waals surface area contributed by atoms with Gasteiger partial charge < -0.3 is 19.9 Å². The summed E-state index contributed by atoms with van der Waals surface area (Å²) < 4.78 is 5.22. The second-order valence-electron chi connectivity index (χ2n) is 7.21. The predicted octanol–water partition coefficient (Wildman–Crippen LogP) is 1.28. The average molecular weight is 366 g/mol. The smallest absolute Gasteiger partial charge is 0.353 e. The van der Waals surface area contributed by atoms with E-state index in [-0.39, 0.29) is 30.4 Å². The topological polar surface area (TPSA) is 114 Å². The van der Waals surface area contributed by atoms with Crippen LogP contribution in [0, 0.1) is 10.1 Å².